The lowest BCUT2D eigenvalue weighted by Crippen LogP contribution is -2.20. The minimum Gasteiger partial charge on any atom is -0.301 e. The van der Waals surface area contributed by atoms with Gasteiger partial charge in [-0.1, -0.05) is 6.92 Å². The number of primary sulfonamides is 1. The molecule has 2 aliphatic carbocycles. The molecule has 7 heteroatoms. The first-order valence-electron chi connectivity index (χ1n) is 6.46. The Morgan fingerprint density at radius 3 is 2.50 bits per heavy atom. The van der Waals surface area contributed by atoms with E-state index in [0.29, 0.717) is 12.5 Å². The van der Waals surface area contributed by atoms with Crippen LogP contribution in [0.4, 0.5) is 0 Å². The summed E-state index contributed by atoms with van der Waals surface area (Å²) in [5.41, 5.74) is 0. The van der Waals surface area contributed by atoms with Crippen molar-refractivity contribution in [1.82, 2.24) is 14.8 Å². The number of nitrogens with zero attached hydrogens (tertiary/aromatic N) is 3. The molecule has 2 unspecified atom stereocenters. The molecule has 1 aromatic heterocycles. The van der Waals surface area contributed by atoms with Crippen LogP contribution in [0.25, 0.3) is 0 Å². The van der Waals surface area contributed by atoms with Crippen molar-refractivity contribution >= 4 is 10.0 Å². The molecule has 0 amide bonds. The molecule has 0 spiro atoms. The molecular weight excluding hydrogens is 252 g/mol. The molecule has 6 nitrogen and oxygen atoms in total. The summed E-state index contributed by atoms with van der Waals surface area (Å²) in [6.07, 6.45) is 4.42. The van der Waals surface area contributed by atoms with Gasteiger partial charge in [-0.05, 0) is 37.5 Å². The van der Waals surface area contributed by atoms with E-state index in [-0.39, 0.29) is 5.16 Å². The van der Waals surface area contributed by atoms with Gasteiger partial charge in [0.2, 0.25) is 0 Å². The Bertz CT molecular complexity index is 556. The summed E-state index contributed by atoms with van der Waals surface area (Å²) in [7, 11) is -3.78. The van der Waals surface area contributed by atoms with E-state index in [1.807, 2.05) is 6.92 Å². The third-order valence-corrected chi connectivity index (χ3v) is 4.87. The van der Waals surface area contributed by atoms with Gasteiger partial charge in [0.05, 0.1) is 0 Å². The van der Waals surface area contributed by atoms with E-state index in [1.54, 1.807) is 4.57 Å². The Morgan fingerprint density at radius 1 is 1.28 bits per heavy atom. The molecule has 2 aliphatic rings. The first-order chi connectivity index (χ1) is 8.50. The van der Waals surface area contributed by atoms with E-state index in [9.17, 15) is 8.42 Å². The van der Waals surface area contributed by atoms with Crippen molar-refractivity contribution in [3.8, 4) is 0 Å². The van der Waals surface area contributed by atoms with Crippen molar-refractivity contribution < 1.29 is 8.42 Å². The van der Waals surface area contributed by atoms with E-state index in [0.717, 1.165) is 36.9 Å². The molecule has 2 saturated carbocycles. The number of nitrogens with two attached hydrogens (primary N) is 1. The molecule has 2 atom stereocenters. The molecule has 3 rings (SSSR count). The predicted octanol–water partition coefficient (Wildman–Crippen LogP) is 0.849. The van der Waals surface area contributed by atoms with Crippen LogP contribution in [0.1, 0.15) is 44.3 Å². The van der Waals surface area contributed by atoms with Crippen LogP contribution in [-0.2, 0) is 16.6 Å². The molecule has 1 aromatic rings. The third-order valence-electron chi connectivity index (χ3n) is 4.06. The first kappa shape index (κ1) is 12.1. The highest BCUT2D eigenvalue weighted by Crippen LogP contribution is 2.57. The summed E-state index contributed by atoms with van der Waals surface area (Å²) >= 11 is 0. The maximum absolute atomic E-state index is 11.5. The Kier molecular flexibility index (Phi) is 2.71. The molecule has 0 radical (unpaired) electrons. The maximum Gasteiger partial charge on any atom is 0.273 e. The smallest absolute Gasteiger partial charge is 0.273 e. The average Bonchev–Trinajstić information content (AvgIpc) is 2.75. The average molecular weight is 270 g/mol. The van der Waals surface area contributed by atoms with Gasteiger partial charge in [0.1, 0.15) is 5.82 Å². The fraction of sp³-hybridized carbons (Fsp3) is 0.818. The second kappa shape index (κ2) is 4.03. The van der Waals surface area contributed by atoms with Crippen molar-refractivity contribution in [1.29, 1.82) is 0 Å². The molecule has 2 fully saturated rings. The zero-order chi connectivity index (χ0) is 12.9. The van der Waals surface area contributed by atoms with Crippen molar-refractivity contribution in [3.05, 3.63) is 5.82 Å². The third kappa shape index (κ3) is 1.95. The highest BCUT2D eigenvalue weighted by Gasteiger charge is 2.47. The molecule has 2 N–H and O–H groups in total. The molecule has 18 heavy (non-hydrogen) atoms. The Morgan fingerprint density at radius 2 is 1.94 bits per heavy atom. The minimum atomic E-state index is -3.78. The molecule has 0 bridgehead atoms. The fourth-order valence-electron chi connectivity index (χ4n) is 3.17. The lowest BCUT2D eigenvalue weighted by molar-refractivity contribution is 0.508. The summed E-state index contributed by atoms with van der Waals surface area (Å²) in [6, 6.07) is 0. The first-order valence-corrected chi connectivity index (χ1v) is 8.01. The van der Waals surface area contributed by atoms with Crippen molar-refractivity contribution in [2.24, 2.45) is 17.0 Å². The second-order valence-electron chi connectivity index (χ2n) is 5.46. The van der Waals surface area contributed by atoms with Crippen LogP contribution in [0.15, 0.2) is 5.16 Å². The molecule has 1 heterocycles. The monoisotopic (exact) mass is 270 g/mol. The van der Waals surface area contributed by atoms with Crippen LogP contribution < -0.4 is 5.14 Å². The lowest BCUT2D eigenvalue weighted by Gasteiger charge is -2.13. The van der Waals surface area contributed by atoms with Crippen LogP contribution in [0, 0.1) is 11.8 Å². The normalized spacial score (nSPS) is 30.4. The zero-order valence-electron chi connectivity index (χ0n) is 10.4. The topological polar surface area (TPSA) is 90.9 Å². The van der Waals surface area contributed by atoms with Gasteiger partial charge in [0, 0.05) is 12.5 Å². The fourth-order valence-corrected chi connectivity index (χ4v) is 3.82. The number of rotatable bonds is 4. The van der Waals surface area contributed by atoms with Gasteiger partial charge in [-0.3, -0.25) is 0 Å². The Hall–Kier alpha value is -0.950. The van der Waals surface area contributed by atoms with E-state index < -0.39 is 10.0 Å². The van der Waals surface area contributed by atoms with Gasteiger partial charge in [0.15, 0.2) is 0 Å². The lowest BCUT2D eigenvalue weighted by atomic mass is 10.0. The standard InChI is InChI=1S/C11H18N4O2S/c1-2-3-15-10(9-5-7-4-8(7)6-9)13-14-11(15)18(12,16)17/h7-9H,2-6H2,1H3,(H2,12,16,17). The predicted molar refractivity (Wildman–Crippen MR) is 65.3 cm³/mol. The highest BCUT2D eigenvalue weighted by atomic mass is 32.2. The molecular formula is C11H18N4O2S. The summed E-state index contributed by atoms with van der Waals surface area (Å²) in [4.78, 5) is 0. The summed E-state index contributed by atoms with van der Waals surface area (Å²) in [5, 5.41) is 13.0. The van der Waals surface area contributed by atoms with Gasteiger partial charge >= 0.3 is 0 Å². The van der Waals surface area contributed by atoms with E-state index in [2.05, 4.69) is 10.2 Å². The van der Waals surface area contributed by atoms with Crippen molar-refractivity contribution in [3.63, 3.8) is 0 Å². The molecule has 100 valence electrons. The van der Waals surface area contributed by atoms with Gasteiger partial charge in [-0.25, -0.2) is 13.6 Å². The SMILES string of the molecule is CCCn1c(C2CC3CC3C2)nnc1S(N)(=O)=O. The van der Waals surface area contributed by atoms with E-state index in [1.165, 1.54) is 6.42 Å². The quantitative estimate of drug-likeness (QED) is 0.878. The van der Waals surface area contributed by atoms with Crippen molar-refractivity contribution in [2.75, 3.05) is 0 Å². The van der Waals surface area contributed by atoms with Gasteiger partial charge in [-0.15, -0.1) is 10.2 Å². The number of sulfonamides is 1. The number of hydrogen-bond donors (Lipinski definition) is 1. The molecule has 0 aliphatic heterocycles. The van der Waals surface area contributed by atoms with Gasteiger partial charge < -0.3 is 4.57 Å². The zero-order valence-corrected chi connectivity index (χ0v) is 11.2. The van der Waals surface area contributed by atoms with Crippen LogP contribution in [0.3, 0.4) is 0 Å². The van der Waals surface area contributed by atoms with Gasteiger partial charge in [-0.2, -0.15) is 0 Å². The Labute approximate surface area is 107 Å². The second-order valence-corrected chi connectivity index (χ2v) is 6.92. The highest BCUT2D eigenvalue weighted by molar-refractivity contribution is 7.89. The minimum absolute atomic E-state index is 0.0834. The summed E-state index contributed by atoms with van der Waals surface area (Å²) < 4.78 is 24.7. The molecule has 0 aromatic carbocycles. The van der Waals surface area contributed by atoms with E-state index >= 15 is 0 Å². The number of hydrogen-bond acceptors (Lipinski definition) is 4. The summed E-state index contributed by atoms with van der Waals surface area (Å²) in [5.74, 6) is 2.84. The molecule has 0 saturated heterocycles. The van der Waals surface area contributed by atoms with Crippen molar-refractivity contribution in [2.45, 2.75) is 50.2 Å². The van der Waals surface area contributed by atoms with Crippen LogP contribution in [0.2, 0.25) is 0 Å². The van der Waals surface area contributed by atoms with Crippen LogP contribution in [-0.4, -0.2) is 23.2 Å². The van der Waals surface area contributed by atoms with E-state index in [4.69, 9.17) is 5.14 Å². The number of fused-ring (bicyclic) bond motifs is 1. The van der Waals surface area contributed by atoms with Crippen LogP contribution in [0.5, 0.6) is 0 Å². The maximum atomic E-state index is 11.5. The van der Waals surface area contributed by atoms with Crippen LogP contribution >= 0.6 is 0 Å². The largest absolute Gasteiger partial charge is 0.301 e. The summed E-state index contributed by atoms with van der Waals surface area (Å²) in [6.45, 7) is 2.61. The Balaban J connectivity index is 1.96. The van der Waals surface area contributed by atoms with Gasteiger partial charge in [0.25, 0.3) is 15.2 Å². The number of aromatic nitrogens is 3.